The number of nitrogens with zero attached hydrogens (tertiary/aromatic N) is 3. The van der Waals surface area contributed by atoms with Crippen LogP contribution in [-0.4, -0.2) is 24.5 Å². The van der Waals surface area contributed by atoms with Crippen molar-refractivity contribution >= 4 is 35.0 Å². The van der Waals surface area contributed by atoms with E-state index in [0.29, 0.717) is 27.8 Å². The summed E-state index contributed by atoms with van der Waals surface area (Å²) >= 11 is 4.94. The van der Waals surface area contributed by atoms with Crippen LogP contribution in [0.5, 0.6) is 5.88 Å². The van der Waals surface area contributed by atoms with Crippen molar-refractivity contribution in [3.8, 4) is 11.9 Å². The van der Waals surface area contributed by atoms with E-state index in [4.69, 9.17) is 12.2 Å². The van der Waals surface area contributed by atoms with Crippen molar-refractivity contribution in [3.63, 3.8) is 0 Å². The number of para-hydroxylation sites is 2. The van der Waals surface area contributed by atoms with Crippen LogP contribution >= 0.6 is 12.2 Å². The van der Waals surface area contributed by atoms with Gasteiger partial charge in [-0.05, 0) is 42.9 Å². The second-order valence-electron chi connectivity index (χ2n) is 5.58. The van der Waals surface area contributed by atoms with Crippen LogP contribution in [0.2, 0.25) is 0 Å². The monoisotopic (exact) mass is 349 g/mol. The number of pyridine rings is 1. The molecule has 122 valence electrons. The lowest BCUT2D eigenvalue weighted by Gasteiger charge is -2.02. The van der Waals surface area contributed by atoms with E-state index in [2.05, 4.69) is 21.0 Å². The fraction of sp³-hybridized carbons (Fsp3) is 0.0588. The Morgan fingerprint density at radius 3 is 2.80 bits per heavy atom. The molecule has 3 aromatic heterocycles. The van der Waals surface area contributed by atoms with Crippen molar-refractivity contribution in [3.05, 3.63) is 61.4 Å². The predicted octanol–water partition coefficient (Wildman–Crippen LogP) is 1.67. The summed E-state index contributed by atoms with van der Waals surface area (Å²) in [7, 11) is 0. The SMILES string of the molecule is Cc1c(C#N)c2nc3ccccc3n2c(=O)/c1=C/c1[nH]c(=S)[nH]c1O. The third-order valence-electron chi connectivity index (χ3n) is 4.13. The summed E-state index contributed by atoms with van der Waals surface area (Å²) in [5, 5.41) is 19.7. The van der Waals surface area contributed by atoms with E-state index < -0.39 is 0 Å². The van der Waals surface area contributed by atoms with Gasteiger partial charge in [0.15, 0.2) is 10.4 Å². The molecule has 1 aromatic carbocycles. The van der Waals surface area contributed by atoms with Crippen LogP contribution in [0.3, 0.4) is 0 Å². The number of aromatic nitrogens is 4. The predicted molar refractivity (Wildman–Crippen MR) is 94.8 cm³/mol. The number of fused-ring (bicyclic) bond motifs is 3. The van der Waals surface area contributed by atoms with E-state index in [9.17, 15) is 15.2 Å². The molecule has 4 rings (SSSR count). The molecule has 25 heavy (non-hydrogen) atoms. The first-order valence-corrected chi connectivity index (χ1v) is 7.79. The van der Waals surface area contributed by atoms with Crippen LogP contribution in [0.4, 0.5) is 0 Å². The fourth-order valence-corrected chi connectivity index (χ4v) is 3.13. The lowest BCUT2D eigenvalue weighted by molar-refractivity contribution is 0.455. The summed E-state index contributed by atoms with van der Waals surface area (Å²) in [5.41, 5.74) is 2.36. The summed E-state index contributed by atoms with van der Waals surface area (Å²) in [6.07, 6.45) is 1.48. The van der Waals surface area contributed by atoms with Gasteiger partial charge in [0.1, 0.15) is 11.8 Å². The Morgan fingerprint density at radius 1 is 1.36 bits per heavy atom. The Morgan fingerprint density at radius 2 is 2.12 bits per heavy atom. The third kappa shape index (κ3) is 2.14. The molecule has 4 aromatic rings. The number of aromatic amines is 2. The van der Waals surface area contributed by atoms with Crippen molar-refractivity contribution in [1.29, 1.82) is 5.26 Å². The third-order valence-corrected chi connectivity index (χ3v) is 4.34. The van der Waals surface area contributed by atoms with Crippen LogP contribution in [0.15, 0.2) is 29.1 Å². The van der Waals surface area contributed by atoms with Crippen LogP contribution < -0.4 is 10.8 Å². The minimum Gasteiger partial charge on any atom is -0.493 e. The van der Waals surface area contributed by atoms with Gasteiger partial charge in [-0.3, -0.25) is 9.20 Å². The number of hydrogen-bond donors (Lipinski definition) is 3. The van der Waals surface area contributed by atoms with E-state index in [1.54, 1.807) is 25.1 Å². The maximum Gasteiger partial charge on any atom is 0.264 e. The van der Waals surface area contributed by atoms with Gasteiger partial charge in [-0.1, -0.05) is 12.1 Å². The van der Waals surface area contributed by atoms with E-state index >= 15 is 0 Å². The summed E-state index contributed by atoms with van der Waals surface area (Å²) in [6, 6.07) is 9.32. The van der Waals surface area contributed by atoms with Crippen molar-refractivity contribution in [2.24, 2.45) is 0 Å². The minimum absolute atomic E-state index is 0.169. The highest BCUT2D eigenvalue weighted by Gasteiger charge is 2.16. The summed E-state index contributed by atoms with van der Waals surface area (Å²) < 4.78 is 1.66. The average molecular weight is 349 g/mol. The zero-order valence-electron chi connectivity index (χ0n) is 13.0. The van der Waals surface area contributed by atoms with E-state index in [1.807, 2.05) is 6.07 Å². The zero-order chi connectivity index (χ0) is 17.7. The molecule has 3 N–H and O–H groups in total. The van der Waals surface area contributed by atoms with Crippen LogP contribution in [0.1, 0.15) is 16.8 Å². The van der Waals surface area contributed by atoms with E-state index in [-0.39, 0.29) is 27.1 Å². The molecule has 7 nitrogen and oxygen atoms in total. The van der Waals surface area contributed by atoms with Gasteiger partial charge in [-0.2, -0.15) is 5.26 Å². The van der Waals surface area contributed by atoms with Crippen molar-refractivity contribution in [2.75, 3.05) is 0 Å². The highest BCUT2D eigenvalue weighted by atomic mass is 32.1. The Kier molecular flexibility index (Phi) is 3.20. The van der Waals surface area contributed by atoms with Gasteiger partial charge < -0.3 is 15.1 Å². The van der Waals surface area contributed by atoms with Gasteiger partial charge in [0.2, 0.25) is 5.88 Å². The first-order chi connectivity index (χ1) is 12.0. The molecule has 0 bridgehead atoms. The topological polar surface area (TPSA) is 110 Å². The van der Waals surface area contributed by atoms with E-state index in [1.165, 1.54) is 10.5 Å². The largest absolute Gasteiger partial charge is 0.493 e. The molecular formula is C17H11N5O2S. The molecule has 0 aliphatic heterocycles. The summed E-state index contributed by atoms with van der Waals surface area (Å²) in [5.74, 6) is -0.169. The summed E-state index contributed by atoms with van der Waals surface area (Å²) in [4.78, 5) is 22.8. The molecule has 0 aliphatic carbocycles. The molecular weight excluding hydrogens is 338 g/mol. The van der Waals surface area contributed by atoms with Crippen molar-refractivity contribution < 1.29 is 5.11 Å². The molecule has 0 aliphatic rings. The highest BCUT2D eigenvalue weighted by Crippen LogP contribution is 2.18. The number of benzene rings is 1. The molecule has 0 spiro atoms. The Bertz CT molecular complexity index is 1370. The maximum atomic E-state index is 13.1. The smallest absolute Gasteiger partial charge is 0.264 e. The van der Waals surface area contributed by atoms with Crippen LogP contribution in [0.25, 0.3) is 22.8 Å². The fourth-order valence-electron chi connectivity index (χ4n) is 2.92. The first kappa shape index (κ1) is 15.1. The Labute approximate surface area is 145 Å². The standard InChI is InChI=1S/C17H11N5O2S/c1-8-9(6-12-15(23)21-17(25)20-12)16(24)22-13-5-3-2-4-11(13)19-14(22)10(8)7-18/h2-6,23H,1H3,(H2,20,21,25)/b9-6+. The van der Waals surface area contributed by atoms with Crippen LogP contribution in [-0.2, 0) is 0 Å². The molecule has 0 fully saturated rings. The average Bonchev–Trinajstić information content (AvgIpc) is 3.11. The zero-order valence-corrected chi connectivity index (χ0v) is 13.8. The minimum atomic E-state index is -0.319. The Balaban J connectivity index is 2.25. The molecule has 0 amide bonds. The van der Waals surface area contributed by atoms with E-state index in [0.717, 1.165) is 0 Å². The molecule has 3 heterocycles. The maximum absolute atomic E-state index is 13.1. The molecule has 0 saturated heterocycles. The number of hydrogen-bond acceptors (Lipinski definition) is 5. The van der Waals surface area contributed by atoms with Crippen LogP contribution in [0, 0.1) is 23.0 Å². The quantitative estimate of drug-likeness (QED) is 0.453. The summed E-state index contributed by atoms with van der Waals surface area (Å²) in [6.45, 7) is 1.68. The number of nitrogens with one attached hydrogen (secondary N) is 2. The molecule has 0 unspecified atom stereocenters. The first-order valence-electron chi connectivity index (χ1n) is 7.38. The molecule has 0 atom stereocenters. The van der Waals surface area contributed by atoms with Gasteiger partial charge in [0, 0.05) is 5.22 Å². The lowest BCUT2D eigenvalue weighted by atomic mass is 10.1. The van der Waals surface area contributed by atoms with Gasteiger partial charge in [-0.25, -0.2) is 4.98 Å². The van der Waals surface area contributed by atoms with Crippen molar-refractivity contribution in [1.82, 2.24) is 19.4 Å². The molecule has 0 radical (unpaired) electrons. The molecule has 8 heteroatoms. The second kappa shape index (κ2) is 5.29. The highest BCUT2D eigenvalue weighted by molar-refractivity contribution is 7.71. The number of imidazole rings is 2. The molecule has 0 saturated carbocycles. The number of nitriles is 1. The second-order valence-corrected chi connectivity index (χ2v) is 5.98. The number of rotatable bonds is 1. The number of aromatic hydroxyl groups is 1. The van der Waals surface area contributed by atoms with Gasteiger partial charge in [-0.15, -0.1) is 0 Å². The van der Waals surface area contributed by atoms with Gasteiger partial charge in [0.05, 0.1) is 16.6 Å². The lowest BCUT2D eigenvalue weighted by Crippen LogP contribution is -2.34. The normalized spacial score (nSPS) is 12.1. The van der Waals surface area contributed by atoms with Gasteiger partial charge in [0.25, 0.3) is 5.56 Å². The van der Waals surface area contributed by atoms with Gasteiger partial charge >= 0.3 is 0 Å². The number of H-pyrrole nitrogens is 2. The van der Waals surface area contributed by atoms with Crippen molar-refractivity contribution in [2.45, 2.75) is 6.92 Å². The Hall–Kier alpha value is -3.44.